The highest BCUT2D eigenvalue weighted by atomic mass is 16.5. The van der Waals surface area contributed by atoms with Crippen molar-refractivity contribution in [2.75, 3.05) is 14.2 Å². The minimum Gasteiger partial charge on any atom is -0.497 e. The maximum atomic E-state index is 10.7. The molecule has 1 aromatic heterocycles. The molecule has 1 aliphatic heterocycles. The Balaban J connectivity index is 2.12. The molecule has 0 amide bonds. The van der Waals surface area contributed by atoms with Crippen molar-refractivity contribution < 1.29 is 20.1 Å². The second-order valence-corrected chi connectivity index (χ2v) is 5.84. The molecule has 1 fully saturated rings. The van der Waals surface area contributed by atoms with Gasteiger partial charge in [-0.2, -0.15) is 0 Å². The van der Waals surface area contributed by atoms with Crippen molar-refractivity contribution >= 4 is 18.7 Å². The first-order valence-corrected chi connectivity index (χ1v) is 6.83. The third-order valence-electron chi connectivity index (χ3n) is 4.65. The number of hydrogen-bond donors (Lipinski definition) is 4. The molecule has 3 rings (SSSR count). The summed E-state index contributed by atoms with van der Waals surface area (Å²) in [5, 5.41) is 31.6. The van der Waals surface area contributed by atoms with E-state index in [1.54, 1.807) is 21.2 Å². The van der Waals surface area contributed by atoms with Crippen LogP contribution in [0.15, 0.2) is 24.4 Å². The van der Waals surface area contributed by atoms with Gasteiger partial charge in [-0.25, -0.2) is 4.90 Å². The van der Waals surface area contributed by atoms with Crippen molar-refractivity contribution in [3.8, 4) is 5.75 Å². The molecule has 0 saturated carbocycles. The number of H-pyrrole nitrogens is 1. The number of likely N-dealkylation sites (tertiary alicyclic amines) is 1. The predicted octanol–water partition coefficient (Wildman–Crippen LogP) is -0.487. The van der Waals surface area contributed by atoms with Crippen molar-refractivity contribution in [1.82, 2.24) is 9.88 Å². The first kappa shape index (κ1) is 14.4. The number of aliphatic hydroxyl groups is 3. The lowest BCUT2D eigenvalue weighted by Crippen LogP contribution is -2.53. The first-order chi connectivity index (χ1) is 9.77. The zero-order valence-corrected chi connectivity index (χ0v) is 12.3. The minimum atomic E-state index is -2.03. The third-order valence-corrected chi connectivity index (χ3v) is 4.65. The van der Waals surface area contributed by atoms with Crippen LogP contribution in [-0.2, 0) is 0 Å². The van der Waals surface area contributed by atoms with E-state index < -0.39 is 17.5 Å². The van der Waals surface area contributed by atoms with Gasteiger partial charge in [0.25, 0.3) is 0 Å². The van der Waals surface area contributed by atoms with E-state index in [1.807, 2.05) is 18.2 Å². The quantitative estimate of drug-likeness (QED) is 0.443. The summed E-state index contributed by atoms with van der Waals surface area (Å²) in [5.74, 6) is -1.75. The second kappa shape index (κ2) is 4.48. The highest BCUT2D eigenvalue weighted by molar-refractivity contribution is 6.15. The lowest BCUT2D eigenvalue weighted by atomic mass is 9.76. The molecule has 112 valence electrons. The van der Waals surface area contributed by atoms with Crippen LogP contribution < -0.4 is 4.74 Å². The fourth-order valence-electron chi connectivity index (χ4n) is 3.14. The topological polar surface area (TPSA) is 89.0 Å². The number of aromatic amines is 1. The number of ether oxygens (including phenoxy) is 1. The molecule has 2 atom stereocenters. The van der Waals surface area contributed by atoms with E-state index in [0.717, 1.165) is 16.5 Å². The largest absolute Gasteiger partial charge is 0.497 e. The van der Waals surface area contributed by atoms with Crippen LogP contribution in [0.3, 0.4) is 0 Å². The van der Waals surface area contributed by atoms with Gasteiger partial charge in [0, 0.05) is 29.4 Å². The lowest BCUT2D eigenvalue weighted by molar-refractivity contribution is -0.264. The predicted molar refractivity (Wildman–Crippen MR) is 80.6 cm³/mol. The smallest absolute Gasteiger partial charge is 0.227 e. The Morgan fingerprint density at radius 3 is 2.67 bits per heavy atom. The van der Waals surface area contributed by atoms with Crippen LogP contribution in [0.5, 0.6) is 5.75 Å². The van der Waals surface area contributed by atoms with Gasteiger partial charge in [0.05, 0.1) is 12.7 Å². The van der Waals surface area contributed by atoms with Gasteiger partial charge in [-0.15, -0.1) is 0 Å². The van der Waals surface area contributed by atoms with Gasteiger partial charge in [0.1, 0.15) is 5.75 Å². The molecule has 0 aliphatic carbocycles. The number of nitrogens with one attached hydrogen (secondary N) is 1. The number of likely N-dealkylation sites (N-methyl/N-ethyl adjacent to an activating group) is 1. The number of aromatic nitrogens is 1. The molecule has 6 nitrogen and oxygen atoms in total. The summed E-state index contributed by atoms with van der Waals surface area (Å²) in [5.41, 5.74) is 0.394. The summed E-state index contributed by atoms with van der Waals surface area (Å²) in [6.07, 6.45) is 1.83. The lowest BCUT2D eigenvalue weighted by Gasteiger charge is -2.34. The summed E-state index contributed by atoms with van der Waals surface area (Å²) in [6, 6.07) is 5.63. The van der Waals surface area contributed by atoms with Gasteiger partial charge in [0.15, 0.2) is 7.85 Å². The van der Waals surface area contributed by atoms with E-state index in [1.165, 1.54) is 11.9 Å². The van der Waals surface area contributed by atoms with Crippen molar-refractivity contribution in [3.63, 3.8) is 0 Å². The number of fused-ring (bicyclic) bond motifs is 1. The summed E-state index contributed by atoms with van der Waals surface area (Å²) in [6.45, 7) is 0. The molecule has 0 spiro atoms. The van der Waals surface area contributed by atoms with Crippen LogP contribution in [0, 0.1) is 0 Å². The molecule has 1 aromatic carbocycles. The van der Waals surface area contributed by atoms with Crippen molar-refractivity contribution in [3.05, 3.63) is 30.0 Å². The van der Waals surface area contributed by atoms with Crippen molar-refractivity contribution in [2.24, 2.45) is 0 Å². The second-order valence-electron chi connectivity index (χ2n) is 5.84. The van der Waals surface area contributed by atoms with Gasteiger partial charge in [-0.1, -0.05) is 0 Å². The number of benzene rings is 1. The molecular weight excluding hydrogens is 271 g/mol. The molecule has 4 N–H and O–H groups in total. The molecule has 2 unspecified atom stereocenters. The molecule has 7 heteroatoms. The van der Waals surface area contributed by atoms with Crippen LogP contribution in [0.1, 0.15) is 17.9 Å². The van der Waals surface area contributed by atoms with E-state index in [4.69, 9.17) is 4.74 Å². The van der Waals surface area contributed by atoms with Crippen LogP contribution in [-0.4, -0.2) is 58.7 Å². The van der Waals surface area contributed by atoms with Gasteiger partial charge < -0.3 is 25.0 Å². The zero-order valence-electron chi connectivity index (χ0n) is 12.3. The number of rotatable bonds is 2. The number of methoxy groups -OCH3 is 1. The number of nitrogens with zero attached hydrogens (tertiary/aromatic N) is 1. The minimum absolute atomic E-state index is 0.0284. The molecule has 0 radical (unpaired) electrons. The van der Waals surface area contributed by atoms with E-state index in [0.29, 0.717) is 5.75 Å². The Bertz CT molecular complexity index is 683. The van der Waals surface area contributed by atoms with E-state index in [-0.39, 0.29) is 6.42 Å². The molecule has 1 aliphatic rings. The highest BCUT2D eigenvalue weighted by Gasteiger charge is 2.55. The molecule has 0 bridgehead atoms. The van der Waals surface area contributed by atoms with Gasteiger partial charge in [-0.3, -0.25) is 0 Å². The van der Waals surface area contributed by atoms with Crippen molar-refractivity contribution in [2.45, 2.75) is 23.9 Å². The first-order valence-electron chi connectivity index (χ1n) is 6.83. The van der Waals surface area contributed by atoms with E-state index >= 15 is 0 Å². The molecule has 21 heavy (non-hydrogen) atoms. The SMILES string of the molecule is BC1(O)C(c2c[nH]c3ccc(OC)cc23)CC(O)(O)N1C. The molecular formula is C14H19BN2O4. The Morgan fingerprint density at radius 1 is 1.38 bits per heavy atom. The summed E-state index contributed by atoms with van der Waals surface area (Å²) in [7, 11) is 4.68. The average Bonchev–Trinajstić information content (AvgIpc) is 2.91. The summed E-state index contributed by atoms with van der Waals surface area (Å²) in [4.78, 5) is 4.33. The van der Waals surface area contributed by atoms with Crippen LogP contribution in [0.4, 0.5) is 0 Å². The average molecular weight is 290 g/mol. The monoisotopic (exact) mass is 290 g/mol. The summed E-state index contributed by atoms with van der Waals surface area (Å²) < 4.78 is 5.24. The zero-order chi connectivity index (χ0) is 15.4. The van der Waals surface area contributed by atoms with Crippen LogP contribution in [0.25, 0.3) is 10.9 Å². The van der Waals surface area contributed by atoms with Gasteiger partial charge >= 0.3 is 0 Å². The molecule has 1 saturated heterocycles. The van der Waals surface area contributed by atoms with Crippen LogP contribution >= 0.6 is 0 Å². The molecule has 2 heterocycles. The molecule has 2 aromatic rings. The Kier molecular flexibility index (Phi) is 3.07. The van der Waals surface area contributed by atoms with E-state index in [2.05, 4.69) is 4.98 Å². The fourth-order valence-corrected chi connectivity index (χ4v) is 3.14. The van der Waals surface area contributed by atoms with E-state index in [9.17, 15) is 15.3 Å². The van der Waals surface area contributed by atoms with Crippen molar-refractivity contribution in [1.29, 1.82) is 0 Å². The maximum absolute atomic E-state index is 10.7. The standard InChI is InChI=1S/C14H19BN2O4/c1-17-13(18,19)6-11(14(17,15)20)10-7-16-12-4-3-8(21-2)5-9(10)12/h3-5,7,11,16,18-20H,6,15H2,1-2H3. The van der Waals surface area contributed by atoms with Gasteiger partial charge in [-0.05, 0) is 30.8 Å². The Hall–Kier alpha value is -1.54. The Morgan fingerprint density at radius 2 is 2.10 bits per heavy atom. The fraction of sp³-hybridized carbons (Fsp3) is 0.429. The van der Waals surface area contributed by atoms with Gasteiger partial charge in [0.2, 0.25) is 5.91 Å². The highest BCUT2D eigenvalue weighted by Crippen LogP contribution is 2.46. The Labute approximate surface area is 123 Å². The summed E-state index contributed by atoms with van der Waals surface area (Å²) >= 11 is 0. The maximum Gasteiger partial charge on any atom is 0.227 e. The normalized spacial score (nSPS) is 29.1. The number of hydrogen-bond acceptors (Lipinski definition) is 5. The van der Waals surface area contributed by atoms with Crippen LogP contribution in [0.2, 0.25) is 0 Å². The third kappa shape index (κ3) is 2.05.